The van der Waals surface area contributed by atoms with Crippen LogP contribution in [-0.4, -0.2) is 28.3 Å². The fraction of sp³-hybridized carbons (Fsp3) is 0.0800. The van der Waals surface area contributed by atoms with Gasteiger partial charge in [-0.2, -0.15) is 5.01 Å². The van der Waals surface area contributed by atoms with Gasteiger partial charge in [0.15, 0.2) is 4.32 Å². The highest BCUT2D eigenvalue weighted by atomic mass is 79.9. The molecule has 3 aromatic rings. The summed E-state index contributed by atoms with van der Waals surface area (Å²) in [5.74, 6) is 0.393. The number of benzene rings is 3. The summed E-state index contributed by atoms with van der Waals surface area (Å²) >= 11 is 9.93. The average molecular weight is 555 g/mol. The molecule has 0 atom stereocenters. The summed E-state index contributed by atoms with van der Waals surface area (Å²) in [6.45, 7) is 0.391. The average Bonchev–Trinajstić information content (AvgIpc) is 3.11. The third kappa shape index (κ3) is 5.67. The van der Waals surface area contributed by atoms with E-state index < -0.39 is 11.8 Å². The van der Waals surface area contributed by atoms with Gasteiger partial charge in [0.25, 0.3) is 11.8 Å². The first-order chi connectivity index (χ1) is 16.4. The lowest BCUT2D eigenvalue weighted by Gasteiger charge is -2.15. The maximum Gasteiger partial charge on any atom is 0.285 e. The third-order valence-electron chi connectivity index (χ3n) is 4.85. The Balaban J connectivity index is 1.51. The number of nitrogens with zero attached hydrogens (tertiary/aromatic N) is 1. The molecule has 1 aliphatic heterocycles. The van der Waals surface area contributed by atoms with Crippen LogP contribution in [0, 0.1) is 0 Å². The highest BCUT2D eigenvalue weighted by Gasteiger charge is 2.34. The van der Waals surface area contributed by atoms with Crippen molar-refractivity contribution < 1.29 is 19.1 Å². The van der Waals surface area contributed by atoms with E-state index in [2.05, 4.69) is 21.4 Å². The zero-order valence-corrected chi connectivity index (χ0v) is 21.2. The minimum absolute atomic E-state index is 0.236. The summed E-state index contributed by atoms with van der Waals surface area (Å²) in [7, 11) is 1.55. The normalized spacial score (nSPS) is 14.4. The topological polar surface area (TPSA) is 67.9 Å². The van der Waals surface area contributed by atoms with Crippen molar-refractivity contribution in [2.45, 2.75) is 6.61 Å². The Bertz CT molecular complexity index is 1260. The first-order valence-corrected chi connectivity index (χ1v) is 12.2. The molecule has 0 saturated carbocycles. The molecule has 0 aromatic heterocycles. The van der Waals surface area contributed by atoms with Gasteiger partial charge in [-0.05, 0) is 66.3 Å². The van der Waals surface area contributed by atoms with Gasteiger partial charge >= 0.3 is 0 Å². The van der Waals surface area contributed by atoms with Gasteiger partial charge in [0, 0.05) is 15.6 Å². The van der Waals surface area contributed by atoms with Gasteiger partial charge in [0.2, 0.25) is 0 Å². The lowest BCUT2D eigenvalue weighted by molar-refractivity contribution is -0.123. The van der Waals surface area contributed by atoms with Crippen LogP contribution in [0.4, 0.5) is 0 Å². The number of hydrazine groups is 1. The number of carbonyl (C=O) groups excluding carboxylic acids is 2. The molecule has 0 spiro atoms. The van der Waals surface area contributed by atoms with Gasteiger partial charge < -0.3 is 9.47 Å². The van der Waals surface area contributed by atoms with E-state index in [0.29, 0.717) is 34.1 Å². The van der Waals surface area contributed by atoms with Crippen molar-refractivity contribution in [3.8, 4) is 11.5 Å². The van der Waals surface area contributed by atoms with E-state index in [-0.39, 0.29) is 4.32 Å². The standard InChI is InChI=1S/C25H19BrN2O4S2/c1-31-20-10-7-17(8-11-20)23(29)27-28-24(30)22(34-25(28)33)14-18-13-19(26)9-12-21(18)32-15-16-5-3-2-4-6-16/h2-14H,15H2,1H3,(H,27,29)/b22-14-. The van der Waals surface area contributed by atoms with Crippen molar-refractivity contribution >= 4 is 62.1 Å². The summed E-state index contributed by atoms with van der Waals surface area (Å²) in [6.07, 6.45) is 1.71. The number of hydrogen-bond acceptors (Lipinski definition) is 6. The molecule has 1 fully saturated rings. The van der Waals surface area contributed by atoms with Crippen LogP contribution in [0.1, 0.15) is 21.5 Å². The molecule has 0 radical (unpaired) electrons. The van der Waals surface area contributed by atoms with Crippen molar-refractivity contribution in [2.75, 3.05) is 7.11 Å². The van der Waals surface area contributed by atoms with E-state index >= 15 is 0 Å². The monoisotopic (exact) mass is 554 g/mol. The molecule has 0 bridgehead atoms. The Morgan fingerprint density at radius 3 is 2.56 bits per heavy atom. The summed E-state index contributed by atoms with van der Waals surface area (Å²) in [5, 5.41) is 1.08. The van der Waals surface area contributed by atoms with Crippen LogP contribution in [0.25, 0.3) is 6.08 Å². The van der Waals surface area contributed by atoms with Gasteiger partial charge in [-0.15, -0.1) is 0 Å². The zero-order valence-electron chi connectivity index (χ0n) is 18.0. The lowest BCUT2D eigenvalue weighted by atomic mass is 10.1. The zero-order chi connectivity index (χ0) is 24.1. The van der Waals surface area contributed by atoms with E-state index in [1.807, 2.05) is 48.5 Å². The Morgan fingerprint density at radius 2 is 1.85 bits per heavy atom. The van der Waals surface area contributed by atoms with Gasteiger partial charge in [-0.25, -0.2) is 0 Å². The molecule has 2 amide bonds. The second-order valence-electron chi connectivity index (χ2n) is 7.14. The second-order valence-corrected chi connectivity index (χ2v) is 9.73. The summed E-state index contributed by atoms with van der Waals surface area (Å²) in [4.78, 5) is 26.0. The maximum absolute atomic E-state index is 13.0. The third-order valence-corrected chi connectivity index (χ3v) is 6.65. The Morgan fingerprint density at radius 1 is 1.12 bits per heavy atom. The Kier molecular flexibility index (Phi) is 7.66. The predicted octanol–water partition coefficient (Wildman–Crippen LogP) is 5.58. The van der Waals surface area contributed by atoms with E-state index in [1.165, 1.54) is 0 Å². The van der Waals surface area contributed by atoms with Gasteiger partial charge in [0.05, 0.1) is 12.0 Å². The van der Waals surface area contributed by atoms with Crippen LogP contribution in [-0.2, 0) is 11.4 Å². The van der Waals surface area contributed by atoms with Gasteiger partial charge in [-0.1, -0.05) is 58.0 Å². The highest BCUT2D eigenvalue weighted by Crippen LogP contribution is 2.34. The molecule has 1 heterocycles. The van der Waals surface area contributed by atoms with E-state index in [1.54, 1.807) is 37.5 Å². The lowest BCUT2D eigenvalue weighted by Crippen LogP contribution is -2.44. The van der Waals surface area contributed by atoms with Crippen LogP contribution in [0.15, 0.2) is 82.2 Å². The number of hydrogen-bond donors (Lipinski definition) is 1. The minimum atomic E-state index is -0.449. The predicted molar refractivity (Wildman–Crippen MR) is 140 cm³/mol. The number of rotatable bonds is 7. The molecule has 4 rings (SSSR count). The van der Waals surface area contributed by atoms with Crippen molar-refractivity contribution in [2.24, 2.45) is 0 Å². The summed E-state index contributed by atoms with van der Waals surface area (Å²) in [5.41, 5.74) is 4.70. The summed E-state index contributed by atoms with van der Waals surface area (Å²) < 4.78 is 12.2. The molecule has 9 heteroatoms. The molecule has 34 heavy (non-hydrogen) atoms. The van der Waals surface area contributed by atoms with Crippen molar-refractivity contribution in [3.63, 3.8) is 0 Å². The molecule has 1 saturated heterocycles. The fourth-order valence-electron chi connectivity index (χ4n) is 3.11. The van der Waals surface area contributed by atoms with Crippen LogP contribution in [0.2, 0.25) is 0 Å². The first kappa shape index (κ1) is 24.0. The number of methoxy groups -OCH3 is 1. The first-order valence-electron chi connectivity index (χ1n) is 10.1. The number of nitrogens with one attached hydrogen (secondary N) is 1. The van der Waals surface area contributed by atoms with Gasteiger partial charge in [-0.3, -0.25) is 15.0 Å². The largest absolute Gasteiger partial charge is 0.497 e. The molecule has 6 nitrogen and oxygen atoms in total. The second kappa shape index (κ2) is 10.9. The number of halogens is 1. The Hall–Kier alpha value is -3.14. The number of carbonyl (C=O) groups is 2. The van der Waals surface area contributed by atoms with Crippen LogP contribution in [0.3, 0.4) is 0 Å². The molecular formula is C25H19BrN2O4S2. The summed E-state index contributed by atoms with van der Waals surface area (Å²) in [6, 6.07) is 21.9. The number of thioether (sulfide) groups is 1. The molecule has 1 aliphatic rings. The maximum atomic E-state index is 13.0. The van der Waals surface area contributed by atoms with Crippen molar-refractivity contribution in [3.05, 3.63) is 98.9 Å². The number of amides is 2. The van der Waals surface area contributed by atoms with Crippen LogP contribution >= 0.6 is 39.9 Å². The minimum Gasteiger partial charge on any atom is -0.497 e. The molecule has 3 aromatic carbocycles. The number of ether oxygens (including phenoxy) is 2. The quantitative estimate of drug-likeness (QED) is 0.303. The Labute approximate surface area is 215 Å². The molecule has 1 N–H and O–H groups in total. The molecule has 0 aliphatic carbocycles. The SMILES string of the molecule is COc1ccc(C(=O)NN2C(=O)/C(=C/c3cc(Br)ccc3OCc3ccccc3)SC2=S)cc1. The van der Waals surface area contributed by atoms with E-state index in [4.69, 9.17) is 21.7 Å². The van der Waals surface area contributed by atoms with Gasteiger partial charge in [0.1, 0.15) is 18.1 Å². The number of thiocarbonyl (C=S) groups is 1. The smallest absolute Gasteiger partial charge is 0.285 e. The van der Waals surface area contributed by atoms with Crippen molar-refractivity contribution in [1.82, 2.24) is 10.4 Å². The van der Waals surface area contributed by atoms with E-state index in [9.17, 15) is 9.59 Å². The fourth-order valence-corrected chi connectivity index (χ4v) is 4.66. The van der Waals surface area contributed by atoms with Crippen molar-refractivity contribution in [1.29, 1.82) is 0 Å². The van der Waals surface area contributed by atoms with E-state index in [0.717, 1.165) is 26.8 Å². The van der Waals surface area contributed by atoms with Crippen LogP contribution < -0.4 is 14.9 Å². The molecule has 172 valence electrons. The highest BCUT2D eigenvalue weighted by molar-refractivity contribution is 9.10. The van der Waals surface area contributed by atoms with Crippen LogP contribution in [0.5, 0.6) is 11.5 Å². The molecular weight excluding hydrogens is 536 g/mol. The molecule has 0 unspecified atom stereocenters.